The summed E-state index contributed by atoms with van der Waals surface area (Å²) in [6.07, 6.45) is 0. The van der Waals surface area contributed by atoms with Gasteiger partial charge in [-0.05, 0) is 56.3 Å². The number of carbonyl (C=O) groups is 3. The average molecular weight is 529 g/mol. The minimum atomic E-state index is -0.295. The maximum absolute atomic E-state index is 12.7. The van der Waals surface area contributed by atoms with Crippen LogP contribution in [0.5, 0.6) is 11.5 Å². The minimum Gasteiger partial charge on any atom is -0.490 e. The predicted molar refractivity (Wildman–Crippen MR) is 144 cm³/mol. The molecule has 36 heavy (non-hydrogen) atoms. The first-order chi connectivity index (χ1) is 17.4. The van der Waals surface area contributed by atoms with Crippen LogP contribution in [0, 0.1) is 0 Å². The summed E-state index contributed by atoms with van der Waals surface area (Å²) in [4.78, 5) is 40.4. The van der Waals surface area contributed by atoms with Crippen LogP contribution in [-0.2, 0) is 15.3 Å². The van der Waals surface area contributed by atoms with E-state index in [1.165, 1.54) is 30.0 Å². The molecule has 0 radical (unpaired) electrons. The molecule has 2 aromatic carbocycles. The van der Waals surface area contributed by atoms with E-state index in [4.69, 9.17) is 9.47 Å². The Morgan fingerprint density at radius 3 is 2.25 bits per heavy atom. The van der Waals surface area contributed by atoms with Crippen LogP contribution < -0.4 is 25.4 Å². The number of hydrogen-bond donors (Lipinski definition) is 3. The summed E-state index contributed by atoms with van der Waals surface area (Å²) in [5.41, 5.74) is 2.53. The molecular weight excluding hydrogens is 500 g/mol. The van der Waals surface area contributed by atoms with Crippen LogP contribution in [0.4, 0.5) is 16.5 Å². The van der Waals surface area contributed by atoms with Crippen molar-refractivity contribution in [2.45, 2.75) is 26.5 Å². The maximum atomic E-state index is 12.7. The number of nitrogens with one attached hydrogen (secondary N) is 3. The van der Waals surface area contributed by atoms with Gasteiger partial charge < -0.3 is 20.1 Å². The van der Waals surface area contributed by atoms with E-state index >= 15 is 0 Å². The number of thiazole rings is 1. The van der Waals surface area contributed by atoms with Crippen molar-refractivity contribution in [3.05, 3.63) is 59.1 Å². The lowest BCUT2D eigenvalue weighted by Gasteiger charge is -2.12. The molecule has 11 heteroatoms. The van der Waals surface area contributed by atoms with E-state index in [1.807, 2.05) is 19.2 Å². The van der Waals surface area contributed by atoms with Crippen molar-refractivity contribution in [1.29, 1.82) is 0 Å². The van der Waals surface area contributed by atoms with Gasteiger partial charge in [-0.2, -0.15) is 0 Å². The van der Waals surface area contributed by atoms with Gasteiger partial charge in [0.25, 0.3) is 5.91 Å². The molecule has 190 valence electrons. The molecule has 0 unspecified atom stereocenters. The number of amides is 3. The summed E-state index contributed by atoms with van der Waals surface area (Å²) >= 11 is 2.74. The van der Waals surface area contributed by atoms with E-state index in [-0.39, 0.29) is 23.5 Å². The smallest absolute Gasteiger partial charge is 0.257 e. The Balaban J connectivity index is 1.47. The summed E-state index contributed by atoms with van der Waals surface area (Å²) in [6.45, 7) is 6.15. The second kappa shape index (κ2) is 13.5. The fraction of sp³-hybridized carbons (Fsp3) is 0.280. The van der Waals surface area contributed by atoms with Crippen molar-refractivity contribution in [1.82, 2.24) is 4.98 Å². The number of anilines is 3. The second-order valence-electron chi connectivity index (χ2n) is 7.43. The highest BCUT2D eigenvalue weighted by Crippen LogP contribution is 2.29. The minimum absolute atomic E-state index is 0.142. The third kappa shape index (κ3) is 8.28. The molecule has 0 bridgehead atoms. The highest BCUT2D eigenvalue weighted by Gasteiger charge is 2.14. The van der Waals surface area contributed by atoms with E-state index in [1.54, 1.807) is 42.5 Å². The van der Waals surface area contributed by atoms with Crippen LogP contribution in [-0.4, -0.2) is 41.7 Å². The van der Waals surface area contributed by atoms with Gasteiger partial charge >= 0.3 is 0 Å². The molecule has 0 aliphatic carbocycles. The van der Waals surface area contributed by atoms with Gasteiger partial charge in [0.05, 0.1) is 24.7 Å². The predicted octanol–water partition coefficient (Wildman–Crippen LogP) is 5.02. The molecule has 0 spiro atoms. The molecule has 0 fully saturated rings. The highest BCUT2D eigenvalue weighted by molar-refractivity contribution is 7.99. The van der Waals surface area contributed by atoms with Crippen LogP contribution in [0.3, 0.4) is 0 Å². The van der Waals surface area contributed by atoms with Crippen molar-refractivity contribution in [3.8, 4) is 11.5 Å². The van der Waals surface area contributed by atoms with E-state index in [0.29, 0.717) is 52.5 Å². The third-order valence-electron chi connectivity index (χ3n) is 4.55. The Morgan fingerprint density at radius 2 is 1.58 bits per heavy atom. The molecule has 3 rings (SSSR count). The number of nitrogens with zero attached hydrogens (tertiary/aromatic N) is 1. The van der Waals surface area contributed by atoms with Gasteiger partial charge in [0, 0.05) is 35.0 Å². The molecule has 3 N–H and O–H groups in total. The quantitative estimate of drug-likeness (QED) is 0.302. The summed E-state index contributed by atoms with van der Waals surface area (Å²) in [7, 11) is 0. The molecule has 0 atom stereocenters. The number of carbonyl (C=O) groups excluding carboxylic acids is 3. The number of benzene rings is 2. The van der Waals surface area contributed by atoms with Crippen LogP contribution >= 0.6 is 23.1 Å². The van der Waals surface area contributed by atoms with Gasteiger partial charge in [0.1, 0.15) is 0 Å². The summed E-state index contributed by atoms with van der Waals surface area (Å²) in [6, 6.07) is 11.9. The lowest BCUT2D eigenvalue weighted by molar-refractivity contribution is -0.114. The molecule has 3 amide bonds. The average Bonchev–Trinajstić information content (AvgIpc) is 3.28. The maximum Gasteiger partial charge on any atom is 0.257 e. The number of thioether (sulfide) groups is 1. The fourth-order valence-corrected chi connectivity index (χ4v) is 4.61. The van der Waals surface area contributed by atoms with Crippen LogP contribution in [0.2, 0.25) is 0 Å². The third-order valence-corrected chi connectivity index (χ3v) is 6.32. The van der Waals surface area contributed by atoms with Gasteiger partial charge in [0.15, 0.2) is 16.6 Å². The van der Waals surface area contributed by atoms with E-state index in [9.17, 15) is 14.4 Å². The van der Waals surface area contributed by atoms with Gasteiger partial charge in [0.2, 0.25) is 11.8 Å². The lowest BCUT2D eigenvalue weighted by Crippen LogP contribution is -2.14. The Morgan fingerprint density at radius 1 is 0.917 bits per heavy atom. The Bertz CT molecular complexity index is 1200. The lowest BCUT2D eigenvalue weighted by atomic mass is 10.2. The zero-order valence-electron chi connectivity index (χ0n) is 20.3. The van der Waals surface area contributed by atoms with Crippen LogP contribution in [0.15, 0.2) is 47.8 Å². The van der Waals surface area contributed by atoms with Gasteiger partial charge in [-0.15, -0.1) is 23.1 Å². The van der Waals surface area contributed by atoms with Crippen molar-refractivity contribution < 1.29 is 23.9 Å². The summed E-state index contributed by atoms with van der Waals surface area (Å²) in [5.74, 6) is 1.30. The number of hydrogen-bond acceptors (Lipinski definition) is 8. The molecule has 0 saturated carbocycles. The topological polar surface area (TPSA) is 119 Å². The Kier molecular flexibility index (Phi) is 10.1. The van der Waals surface area contributed by atoms with Gasteiger partial charge in [-0.3, -0.25) is 19.7 Å². The first-order valence-corrected chi connectivity index (χ1v) is 13.3. The van der Waals surface area contributed by atoms with E-state index in [2.05, 4.69) is 20.9 Å². The standard InChI is InChI=1S/C25H28N4O5S2/c1-4-33-21-11-6-17(12-22(21)34-5-2)24(32)29-25-28-20(14-36-25)13-35-15-23(31)27-19-9-7-18(8-10-19)26-16(3)30/h6-12,14H,4-5,13,15H2,1-3H3,(H,26,30)(H,27,31)(H,28,29,32). The van der Waals surface area contributed by atoms with Crippen LogP contribution in [0.25, 0.3) is 0 Å². The van der Waals surface area contributed by atoms with E-state index < -0.39 is 0 Å². The molecule has 0 aliphatic heterocycles. The molecule has 3 aromatic rings. The fourth-order valence-electron chi connectivity index (χ4n) is 3.08. The van der Waals surface area contributed by atoms with E-state index in [0.717, 1.165) is 5.69 Å². The SMILES string of the molecule is CCOc1ccc(C(=O)Nc2nc(CSCC(=O)Nc3ccc(NC(C)=O)cc3)cs2)cc1OCC. The summed E-state index contributed by atoms with van der Waals surface area (Å²) < 4.78 is 11.1. The number of ether oxygens (including phenoxy) is 2. The second-order valence-corrected chi connectivity index (χ2v) is 9.27. The van der Waals surface area contributed by atoms with Gasteiger partial charge in [-0.25, -0.2) is 4.98 Å². The largest absolute Gasteiger partial charge is 0.490 e. The molecule has 1 aromatic heterocycles. The first-order valence-electron chi connectivity index (χ1n) is 11.3. The monoisotopic (exact) mass is 528 g/mol. The van der Waals surface area contributed by atoms with Crippen molar-refractivity contribution in [2.75, 3.05) is 34.9 Å². The number of rotatable bonds is 12. The molecule has 1 heterocycles. The first kappa shape index (κ1) is 27.0. The highest BCUT2D eigenvalue weighted by atomic mass is 32.2. The zero-order valence-corrected chi connectivity index (χ0v) is 21.9. The Hall–Kier alpha value is -3.57. The molecule has 0 aliphatic rings. The Labute approximate surface area is 218 Å². The zero-order chi connectivity index (χ0) is 25.9. The molecule has 0 saturated heterocycles. The van der Waals surface area contributed by atoms with Crippen molar-refractivity contribution in [2.24, 2.45) is 0 Å². The van der Waals surface area contributed by atoms with Crippen molar-refractivity contribution in [3.63, 3.8) is 0 Å². The van der Waals surface area contributed by atoms with Gasteiger partial charge in [-0.1, -0.05) is 0 Å². The van der Waals surface area contributed by atoms with Crippen molar-refractivity contribution >= 4 is 57.3 Å². The molecule has 9 nitrogen and oxygen atoms in total. The normalized spacial score (nSPS) is 10.4. The molecular formula is C25H28N4O5S2. The number of aromatic nitrogens is 1. The summed E-state index contributed by atoms with van der Waals surface area (Å²) in [5, 5.41) is 10.6. The van der Waals surface area contributed by atoms with Crippen LogP contribution in [0.1, 0.15) is 36.8 Å².